The second-order valence-electron chi connectivity index (χ2n) is 5.66. The van der Waals surface area contributed by atoms with E-state index < -0.39 is 0 Å². The highest BCUT2D eigenvalue weighted by atomic mass is 35.5. The Hall–Kier alpha value is -0.850. The fourth-order valence-corrected chi connectivity index (χ4v) is 2.52. The van der Waals surface area contributed by atoms with Gasteiger partial charge in [0.25, 0.3) is 0 Å². The molecule has 24 heavy (non-hydrogen) atoms. The highest BCUT2D eigenvalue weighted by molar-refractivity contribution is 5.90. The van der Waals surface area contributed by atoms with Crippen molar-refractivity contribution in [1.29, 1.82) is 0 Å². The first-order valence-electron chi connectivity index (χ1n) is 8.11. The number of benzene rings is 1. The summed E-state index contributed by atoms with van der Waals surface area (Å²) < 4.78 is 5.35. The van der Waals surface area contributed by atoms with E-state index >= 15 is 0 Å². The third-order valence-corrected chi connectivity index (χ3v) is 3.89. The number of nitrogens with zero attached hydrogens (tertiary/aromatic N) is 1. The van der Waals surface area contributed by atoms with Crippen molar-refractivity contribution in [3.05, 3.63) is 29.8 Å². The van der Waals surface area contributed by atoms with Gasteiger partial charge >= 0.3 is 0 Å². The van der Waals surface area contributed by atoms with Gasteiger partial charge in [0.2, 0.25) is 5.91 Å². The Morgan fingerprint density at radius 3 is 2.46 bits per heavy atom. The number of amides is 1. The molecule has 2 N–H and O–H groups in total. The van der Waals surface area contributed by atoms with Crippen molar-refractivity contribution in [3.63, 3.8) is 0 Å². The first-order valence-corrected chi connectivity index (χ1v) is 8.11. The van der Waals surface area contributed by atoms with Crippen molar-refractivity contribution in [3.8, 4) is 0 Å². The number of carbonyl (C=O) groups is 1. The normalized spacial score (nSPS) is 14.4. The van der Waals surface area contributed by atoms with Crippen LogP contribution in [0, 0.1) is 0 Å². The number of morpholine rings is 1. The molecule has 0 aromatic heterocycles. The second kappa shape index (κ2) is 13.4. The molecule has 1 amide bonds. The van der Waals surface area contributed by atoms with E-state index in [1.807, 2.05) is 19.2 Å². The molecule has 2 rings (SSSR count). The van der Waals surface area contributed by atoms with Gasteiger partial charge in [-0.3, -0.25) is 9.69 Å². The summed E-state index contributed by atoms with van der Waals surface area (Å²) in [5, 5.41) is 5.98. The molecular formula is C17H29Cl2N3O2. The zero-order valence-electron chi connectivity index (χ0n) is 14.3. The molecule has 0 radical (unpaired) electrons. The van der Waals surface area contributed by atoms with E-state index in [0.29, 0.717) is 6.42 Å². The lowest BCUT2D eigenvalue weighted by molar-refractivity contribution is -0.116. The van der Waals surface area contributed by atoms with Crippen molar-refractivity contribution < 1.29 is 9.53 Å². The SMILES string of the molecule is CNCCCC(=O)Nc1ccc(CCN2CCOCC2)cc1.Cl.Cl. The summed E-state index contributed by atoms with van der Waals surface area (Å²) in [5.74, 6) is 0.0799. The molecule has 7 heteroatoms. The highest BCUT2D eigenvalue weighted by Crippen LogP contribution is 2.11. The van der Waals surface area contributed by atoms with Crippen molar-refractivity contribution in [2.24, 2.45) is 0 Å². The summed E-state index contributed by atoms with van der Waals surface area (Å²) in [5.41, 5.74) is 2.18. The van der Waals surface area contributed by atoms with Crippen LogP contribution in [0.25, 0.3) is 0 Å². The van der Waals surface area contributed by atoms with Crippen molar-refractivity contribution in [2.45, 2.75) is 19.3 Å². The predicted molar refractivity (Wildman–Crippen MR) is 104 cm³/mol. The molecule has 0 bridgehead atoms. The topological polar surface area (TPSA) is 53.6 Å². The summed E-state index contributed by atoms with van der Waals surface area (Å²) in [7, 11) is 1.90. The van der Waals surface area contributed by atoms with E-state index in [1.165, 1.54) is 5.56 Å². The van der Waals surface area contributed by atoms with Gasteiger partial charge < -0.3 is 15.4 Å². The highest BCUT2D eigenvalue weighted by Gasteiger charge is 2.09. The van der Waals surface area contributed by atoms with Crippen LogP contribution in [0.4, 0.5) is 5.69 Å². The largest absolute Gasteiger partial charge is 0.379 e. The first kappa shape index (κ1) is 23.1. The smallest absolute Gasteiger partial charge is 0.224 e. The van der Waals surface area contributed by atoms with Crippen LogP contribution in [-0.4, -0.2) is 57.2 Å². The molecule has 1 fully saturated rings. The van der Waals surface area contributed by atoms with Gasteiger partial charge in [-0.05, 0) is 44.1 Å². The van der Waals surface area contributed by atoms with E-state index in [9.17, 15) is 4.79 Å². The second-order valence-corrected chi connectivity index (χ2v) is 5.66. The Bertz CT molecular complexity index is 452. The summed E-state index contributed by atoms with van der Waals surface area (Å²) in [6, 6.07) is 8.18. The van der Waals surface area contributed by atoms with Gasteiger partial charge in [0, 0.05) is 31.7 Å². The standard InChI is InChI=1S/C17H27N3O2.2ClH/c1-18-9-2-3-17(21)19-16-6-4-15(5-7-16)8-10-20-11-13-22-14-12-20;;/h4-7,18H,2-3,8-14H2,1H3,(H,19,21);2*1H. The zero-order chi connectivity index (χ0) is 15.6. The van der Waals surface area contributed by atoms with Crippen LogP contribution in [-0.2, 0) is 16.0 Å². The Morgan fingerprint density at radius 2 is 1.83 bits per heavy atom. The van der Waals surface area contributed by atoms with Gasteiger partial charge in [0.05, 0.1) is 13.2 Å². The molecule has 0 unspecified atom stereocenters. The van der Waals surface area contributed by atoms with Gasteiger partial charge in [0.1, 0.15) is 0 Å². The molecule has 0 spiro atoms. The Balaban J connectivity index is 0.00000264. The molecule has 5 nitrogen and oxygen atoms in total. The minimum atomic E-state index is 0. The lowest BCUT2D eigenvalue weighted by Crippen LogP contribution is -2.37. The van der Waals surface area contributed by atoms with Crippen LogP contribution >= 0.6 is 24.8 Å². The molecule has 1 aromatic rings. The molecular weight excluding hydrogens is 349 g/mol. The molecule has 1 aliphatic heterocycles. The third kappa shape index (κ3) is 8.85. The maximum absolute atomic E-state index is 11.7. The molecule has 138 valence electrons. The van der Waals surface area contributed by atoms with Gasteiger partial charge in [-0.2, -0.15) is 0 Å². The summed E-state index contributed by atoms with van der Waals surface area (Å²) >= 11 is 0. The number of carbonyl (C=O) groups excluding carboxylic acids is 1. The van der Waals surface area contributed by atoms with E-state index in [4.69, 9.17) is 4.74 Å². The van der Waals surface area contributed by atoms with Gasteiger partial charge in [-0.25, -0.2) is 0 Å². The number of hydrogen-bond donors (Lipinski definition) is 2. The summed E-state index contributed by atoms with van der Waals surface area (Å²) in [6.45, 7) is 5.69. The molecule has 0 aliphatic carbocycles. The lowest BCUT2D eigenvalue weighted by atomic mass is 10.1. The van der Waals surface area contributed by atoms with Crippen molar-refractivity contribution in [2.75, 3.05) is 51.8 Å². The first-order chi connectivity index (χ1) is 10.8. The Morgan fingerprint density at radius 1 is 1.17 bits per heavy atom. The summed E-state index contributed by atoms with van der Waals surface area (Å²) in [6.07, 6.45) is 2.45. The molecule has 1 aromatic carbocycles. The number of anilines is 1. The van der Waals surface area contributed by atoms with E-state index in [1.54, 1.807) is 0 Å². The number of ether oxygens (including phenoxy) is 1. The average Bonchev–Trinajstić information content (AvgIpc) is 2.55. The van der Waals surface area contributed by atoms with Crippen LogP contribution in [0.2, 0.25) is 0 Å². The van der Waals surface area contributed by atoms with Crippen LogP contribution in [0.5, 0.6) is 0 Å². The number of halogens is 2. The fourth-order valence-electron chi connectivity index (χ4n) is 2.52. The molecule has 1 heterocycles. The van der Waals surface area contributed by atoms with E-state index in [2.05, 4.69) is 27.7 Å². The Kier molecular flexibility index (Phi) is 13.0. The van der Waals surface area contributed by atoms with Crippen molar-refractivity contribution >= 4 is 36.4 Å². The third-order valence-electron chi connectivity index (χ3n) is 3.89. The molecule has 0 atom stereocenters. The monoisotopic (exact) mass is 377 g/mol. The number of hydrogen-bond acceptors (Lipinski definition) is 4. The number of rotatable bonds is 8. The van der Waals surface area contributed by atoms with Crippen LogP contribution in [0.15, 0.2) is 24.3 Å². The lowest BCUT2D eigenvalue weighted by Gasteiger charge is -2.26. The zero-order valence-corrected chi connectivity index (χ0v) is 15.9. The maximum Gasteiger partial charge on any atom is 0.224 e. The van der Waals surface area contributed by atoms with Crippen LogP contribution < -0.4 is 10.6 Å². The quantitative estimate of drug-likeness (QED) is 0.682. The minimum Gasteiger partial charge on any atom is -0.379 e. The molecule has 1 saturated heterocycles. The van der Waals surface area contributed by atoms with Crippen molar-refractivity contribution in [1.82, 2.24) is 10.2 Å². The van der Waals surface area contributed by atoms with Gasteiger partial charge in [0.15, 0.2) is 0 Å². The van der Waals surface area contributed by atoms with Crippen LogP contribution in [0.3, 0.4) is 0 Å². The summed E-state index contributed by atoms with van der Waals surface area (Å²) in [4.78, 5) is 14.2. The Labute approximate surface area is 157 Å². The van der Waals surface area contributed by atoms with Gasteiger partial charge in [-0.1, -0.05) is 12.1 Å². The number of nitrogens with one attached hydrogen (secondary N) is 2. The maximum atomic E-state index is 11.7. The predicted octanol–water partition coefficient (Wildman–Crippen LogP) is 2.34. The average molecular weight is 378 g/mol. The van der Waals surface area contributed by atoms with Crippen LogP contribution in [0.1, 0.15) is 18.4 Å². The molecule has 1 aliphatic rings. The van der Waals surface area contributed by atoms with E-state index in [-0.39, 0.29) is 30.7 Å². The molecule has 0 saturated carbocycles. The minimum absolute atomic E-state index is 0. The fraction of sp³-hybridized carbons (Fsp3) is 0.588. The van der Waals surface area contributed by atoms with Gasteiger partial charge in [-0.15, -0.1) is 24.8 Å². The van der Waals surface area contributed by atoms with E-state index in [0.717, 1.165) is 57.9 Å².